The Hall–Kier alpha value is -3.25. The van der Waals surface area contributed by atoms with Crippen molar-refractivity contribution in [3.8, 4) is 11.5 Å². The summed E-state index contributed by atoms with van der Waals surface area (Å²) >= 11 is 6.25. The van der Waals surface area contributed by atoms with Crippen LogP contribution in [0.2, 0.25) is 5.02 Å². The van der Waals surface area contributed by atoms with Gasteiger partial charge in [0, 0.05) is 29.3 Å². The SMILES string of the molecule is COC(=O)C1=C(C)NC2=C(C(=O)C[C@@H](c3ccccc3)C2)[C@H]1c1cc(Cl)c(O)c(OC)c1. The molecule has 4 rings (SSSR count). The molecular formula is C25H24ClNO5. The second-order valence-corrected chi connectivity index (χ2v) is 8.38. The zero-order valence-electron chi connectivity index (χ0n) is 18.1. The lowest BCUT2D eigenvalue weighted by atomic mass is 9.71. The summed E-state index contributed by atoms with van der Waals surface area (Å²) in [5.41, 5.74) is 3.93. The molecule has 0 aromatic heterocycles. The zero-order valence-corrected chi connectivity index (χ0v) is 18.8. The van der Waals surface area contributed by atoms with Gasteiger partial charge in [0.15, 0.2) is 17.3 Å². The van der Waals surface area contributed by atoms with Gasteiger partial charge in [0.2, 0.25) is 0 Å². The molecule has 0 unspecified atom stereocenters. The molecule has 0 fully saturated rings. The maximum Gasteiger partial charge on any atom is 0.336 e. The van der Waals surface area contributed by atoms with Gasteiger partial charge in [0.05, 0.1) is 24.8 Å². The Morgan fingerprint density at radius 3 is 2.50 bits per heavy atom. The summed E-state index contributed by atoms with van der Waals surface area (Å²) in [4.78, 5) is 26.2. The van der Waals surface area contributed by atoms with Crippen LogP contribution in [-0.4, -0.2) is 31.1 Å². The number of allylic oxidation sites excluding steroid dienone is 3. The van der Waals surface area contributed by atoms with Gasteiger partial charge in [0.25, 0.3) is 0 Å². The number of phenolic OH excluding ortho intramolecular Hbond substituents is 1. The van der Waals surface area contributed by atoms with Crippen molar-refractivity contribution in [2.45, 2.75) is 31.6 Å². The van der Waals surface area contributed by atoms with Crippen molar-refractivity contribution in [3.63, 3.8) is 0 Å². The van der Waals surface area contributed by atoms with Crippen LogP contribution in [0.5, 0.6) is 11.5 Å². The van der Waals surface area contributed by atoms with Crippen LogP contribution in [0.1, 0.15) is 42.7 Å². The average molecular weight is 454 g/mol. The first kappa shape index (κ1) is 22.0. The zero-order chi connectivity index (χ0) is 23.0. The lowest BCUT2D eigenvalue weighted by Gasteiger charge is -2.36. The third-order valence-corrected chi connectivity index (χ3v) is 6.40. The molecule has 0 saturated heterocycles. The summed E-state index contributed by atoms with van der Waals surface area (Å²) in [6, 6.07) is 13.1. The summed E-state index contributed by atoms with van der Waals surface area (Å²) in [6.45, 7) is 1.79. The number of rotatable bonds is 4. The number of dihydropyridines is 1. The molecule has 2 N–H and O–H groups in total. The highest BCUT2D eigenvalue weighted by Gasteiger charge is 2.41. The molecule has 0 bridgehead atoms. The molecule has 2 aliphatic rings. The number of Topliss-reactive ketones (excluding diaryl/α,β-unsaturated/α-hetero) is 1. The minimum Gasteiger partial charge on any atom is -0.503 e. The molecule has 2 atom stereocenters. The summed E-state index contributed by atoms with van der Waals surface area (Å²) in [6.07, 6.45) is 0.966. The van der Waals surface area contributed by atoms with Gasteiger partial charge in [-0.2, -0.15) is 0 Å². The Morgan fingerprint density at radius 2 is 1.84 bits per heavy atom. The molecule has 0 spiro atoms. The largest absolute Gasteiger partial charge is 0.503 e. The van der Waals surface area contributed by atoms with E-state index in [0.717, 1.165) is 11.3 Å². The Bertz CT molecular complexity index is 1150. The van der Waals surface area contributed by atoms with Crippen LogP contribution in [0.25, 0.3) is 0 Å². The van der Waals surface area contributed by atoms with E-state index in [0.29, 0.717) is 35.2 Å². The fourth-order valence-corrected chi connectivity index (χ4v) is 4.85. The molecule has 1 heterocycles. The van der Waals surface area contributed by atoms with Crippen LogP contribution in [0.4, 0.5) is 0 Å². The van der Waals surface area contributed by atoms with E-state index < -0.39 is 11.9 Å². The van der Waals surface area contributed by atoms with Crippen LogP contribution in [0, 0.1) is 0 Å². The molecule has 2 aromatic rings. The van der Waals surface area contributed by atoms with Crippen molar-refractivity contribution in [2.75, 3.05) is 14.2 Å². The highest BCUT2D eigenvalue weighted by atomic mass is 35.5. The van der Waals surface area contributed by atoms with Gasteiger partial charge in [0.1, 0.15) is 0 Å². The summed E-state index contributed by atoms with van der Waals surface area (Å²) in [5.74, 6) is -1.25. The normalized spacial score (nSPS) is 20.6. The number of ether oxygens (including phenoxy) is 2. The predicted molar refractivity (Wildman–Crippen MR) is 121 cm³/mol. The lowest BCUT2D eigenvalue weighted by molar-refractivity contribution is -0.136. The summed E-state index contributed by atoms with van der Waals surface area (Å²) < 4.78 is 10.3. The number of phenols is 1. The Labute approximate surface area is 191 Å². The third kappa shape index (κ3) is 3.75. The molecule has 166 valence electrons. The number of aromatic hydroxyl groups is 1. The van der Waals surface area contributed by atoms with Gasteiger partial charge in [-0.1, -0.05) is 41.9 Å². The smallest absolute Gasteiger partial charge is 0.336 e. The topological polar surface area (TPSA) is 84.9 Å². The Morgan fingerprint density at radius 1 is 1.12 bits per heavy atom. The van der Waals surface area contributed by atoms with Crippen LogP contribution >= 0.6 is 11.6 Å². The van der Waals surface area contributed by atoms with Crippen molar-refractivity contribution in [3.05, 3.63) is 81.2 Å². The molecule has 2 aromatic carbocycles. The van der Waals surface area contributed by atoms with Gasteiger partial charge in [-0.3, -0.25) is 4.79 Å². The standard InChI is InChI=1S/C25H24ClNO5/c1-13-21(25(30)32-3)22(16-9-17(26)24(29)20(12-16)31-2)23-18(27-13)10-15(11-19(23)28)14-7-5-4-6-8-14/h4-9,12,15,22,27,29H,10-11H2,1-3H3/t15-,22-/m0/s1. The molecule has 0 amide bonds. The van der Waals surface area contributed by atoms with Gasteiger partial charge >= 0.3 is 5.97 Å². The fraction of sp³-hybridized carbons (Fsp3) is 0.280. The molecule has 6 nitrogen and oxygen atoms in total. The molecular weight excluding hydrogens is 430 g/mol. The van der Waals surface area contributed by atoms with Crippen LogP contribution in [-0.2, 0) is 14.3 Å². The van der Waals surface area contributed by atoms with Crippen molar-refractivity contribution in [1.29, 1.82) is 0 Å². The number of methoxy groups -OCH3 is 2. The van der Waals surface area contributed by atoms with E-state index in [1.54, 1.807) is 19.1 Å². The summed E-state index contributed by atoms with van der Waals surface area (Å²) in [7, 11) is 2.73. The van der Waals surface area contributed by atoms with Gasteiger partial charge < -0.3 is 19.9 Å². The molecule has 1 aliphatic heterocycles. The molecule has 0 saturated carbocycles. The van der Waals surface area contributed by atoms with Gasteiger partial charge in [-0.05, 0) is 42.5 Å². The van der Waals surface area contributed by atoms with E-state index in [2.05, 4.69) is 5.32 Å². The number of benzene rings is 2. The van der Waals surface area contributed by atoms with E-state index in [1.165, 1.54) is 14.2 Å². The van der Waals surface area contributed by atoms with Crippen LogP contribution < -0.4 is 10.1 Å². The first-order chi connectivity index (χ1) is 15.3. The first-order valence-electron chi connectivity index (χ1n) is 10.3. The minimum absolute atomic E-state index is 0.0426. The van der Waals surface area contributed by atoms with E-state index in [9.17, 15) is 14.7 Å². The second-order valence-electron chi connectivity index (χ2n) is 7.97. The monoisotopic (exact) mass is 453 g/mol. The van der Waals surface area contributed by atoms with Crippen LogP contribution in [0.15, 0.2) is 65.0 Å². The number of nitrogens with one attached hydrogen (secondary N) is 1. The number of halogens is 1. The van der Waals surface area contributed by atoms with Crippen molar-refractivity contribution < 1.29 is 24.2 Å². The van der Waals surface area contributed by atoms with E-state index in [-0.39, 0.29) is 28.2 Å². The Balaban J connectivity index is 1.87. The number of hydrogen-bond donors (Lipinski definition) is 2. The third-order valence-electron chi connectivity index (χ3n) is 6.11. The predicted octanol–water partition coefficient (Wildman–Crippen LogP) is 4.59. The number of esters is 1. The van der Waals surface area contributed by atoms with Gasteiger partial charge in [-0.15, -0.1) is 0 Å². The maximum absolute atomic E-state index is 13.5. The number of ketones is 1. The average Bonchev–Trinajstić information content (AvgIpc) is 2.79. The van der Waals surface area contributed by atoms with Crippen molar-refractivity contribution in [1.82, 2.24) is 5.32 Å². The van der Waals surface area contributed by atoms with E-state index in [4.69, 9.17) is 21.1 Å². The second kappa shape index (κ2) is 8.71. The summed E-state index contributed by atoms with van der Waals surface area (Å²) in [5, 5.41) is 13.6. The highest BCUT2D eigenvalue weighted by Crippen LogP contribution is 2.48. The quantitative estimate of drug-likeness (QED) is 0.659. The molecule has 0 radical (unpaired) electrons. The molecule has 32 heavy (non-hydrogen) atoms. The minimum atomic E-state index is -0.685. The Kier molecular flexibility index (Phi) is 5.98. The number of carbonyl (C=O) groups excluding carboxylic acids is 2. The van der Waals surface area contributed by atoms with E-state index in [1.807, 2.05) is 30.3 Å². The number of carbonyl (C=O) groups is 2. The van der Waals surface area contributed by atoms with Crippen LogP contribution in [0.3, 0.4) is 0 Å². The molecule has 1 aliphatic carbocycles. The van der Waals surface area contributed by atoms with Gasteiger partial charge in [-0.25, -0.2) is 4.79 Å². The first-order valence-corrected chi connectivity index (χ1v) is 10.7. The van der Waals surface area contributed by atoms with Crippen molar-refractivity contribution >= 4 is 23.4 Å². The van der Waals surface area contributed by atoms with Crippen molar-refractivity contribution in [2.24, 2.45) is 0 Å². The fourth-order valence-electron chi connectivity index (χ4n) is 4.63. The highest BCUT2D eigenvalue weighted by molar-refractivity contribution is 6.32. The maximum atomic E-state index is 13.5. The lowest BCUT2D eigenvalue weighted by Crippen LogP contribution is -2.36. The molecule has 7 heteroatoms. The van der Waals surface area contributed by atoms with E-state index >= 15 is 0 Å². The number of hydrogen-bond acceptors (Lipinski definition) is 6.